The summed E-state index contributed by atoms with van der Waals surface area (Å²) >= 11 is 0. The van der Waals surface area contributed by atoms with Gasteiger partial charge in [0.1, 0.15) is 11.9 Å². The van der Waals surface area contributed by atoms with Crippen molar-refractivity contribution in [2.45, 2.75) is 19.4 Å². The second kappa shape index (κ2) is 5.80. The number of nitrogen functional groups attached to an aromatic ring is 1. The minimum absolute atomic E-state index is 0.204. The van der Waals surface area contributed by atoms with E-state index in [1.54, 1.807) is 6.92 Å². The Bertz CT molecular complexity index is 463. The number of aromatic nitrogens is 1. The summed E-state index contributed by atoms with van der Waals surface area (Å²) in [5.74, 6) is -0.351. The zero-order valence-corrected chi connectivity index (χ0v) is 10.0. The van der Waals surface area contributed by atoms with Gasteiger partial charge in [0.15, 0.2) is 0 Å². The molecule has 0 saturated carbocycles. The first-order chi connectivity index (χ1) is 8.49. The van der Waals surface area contributed by atoms with Gasteiger partial charge in [-0.2, -0.15) is 0 Å². The van der Waals surface area contributed by atoms with Gasteiger partial charge in [-0.05, 0) is 12.5 Å². The molecule has 0 aromatic carbocycles. The lowest BCUT2D eigenvalue weighted by molar-refractivity contribution is -0.384. The predicted molar refractivity (Wildman–Crippen MR) is 65.0 cm³/mol. The molecule has 1 heterocycles. The van der Waals surface area contributed by atoms with E-state index in [-0.39, 0.29) is 17.3 Å². The molecular weight excluding hydrogens is 240 g/mol. The molecule has 1 rings (SSSR count). The number of ether oxygens (including phenoxy) is 1. The van der Waals surface area contributed by atoms with E-state index < -0.39 is 16.9 Å². The molecule has 8 nitrogen and oxygen atoms in total. The molecule has 0 aliphatic heterocycles. The standard InChI is InChI=1S/C10H14N4O4/c1-3-6(10(15)18-2)12-8-5-4-7(14(16)17)9(11)13-8/h4-6H,3H2,1-2H3,(H3,11,12,13). The lowest BCUT2D eigenvalue weighted by Gasteiger charge is -2.14. The van der Waals surface area contributed by atoms with Crippen molar-refractivity contribution >= 4 is 23.3 Å². The summed E-state index contributed by atoms with van der Waals surface area (Å²) in [6.07, 6.45) is 0.491. The van der Waals surface area contributed by atoms with Crippen molar-refractivity contribution in [3.05, 3.63) is 22.2 Å². The Labute approximate surface area is 103 Å². The molecule has 18 heavy (non-hydrogen) atoms. The highest BCUT2D eigenvalue weighted by atomic mass is 16.6. The van der Waals surface area contributed by atoms with Gasteiger partial charge in [-0.25, -0.2) is 9.78 Å². The highest BCUT2D eigenvalue weighted by Gasteiger charge is 2.19. The smallest absolute Gasteiger partial charge is 0.328 e. The van der Waals surface area contributed by atoms with Crippen LogP contribution in [0.4, 0.5) is 17.3 Å². The first-order valence-electron chi connectivity index (χ1n) is 5.24. The molecule has 1 atom stereocenters. The normalized spacial score (nSPS) is 11.7. The van der Waals surface area contributed by atoms with E-state index in [4.69, 9.17) is 5.73 Å². The van der Waals surface area contributed by atoms with Crippen molar-refractivity contribution in [3.63, 3.8) is 0 Å². The van der Waals surface area contributed by atoms with Crippen LogP contribution in [0.1, 0.15) is 13.3 Å². The van der Waals surface area contributed by atoms with Gasteiger partial charge in [0.25, 0.3) is 0 Å². The van der Waals surface area contributed by atoms with Gasteiger partial charge < -0.3 is 15.8 Å². The first-order valence-corrected chi connectivity index (χ1v) is 5.24. The van der Waals surface area contributed by atoms with Crippen molar-refractivity contribution in [2.24, 2.45) is 0 Å². The SMILES string of the molecule is CCC(Nc1ccc([N+](=O)[O-])c(N)n1)C(=O)OC. The van der Waals surface area contributed by atoms with Gasteiger partial charge >= 0.3 is 11.7 Å². The maximum atomic E-state index is 11.4. The highest BCUT2D eigenvalue weighted by molar-refractivity contribution is 5.78. The number of rotatable bonds is 5. The molecule has 0 amide bonds. The van der Waals surface area contributed by atoms with Crippen LogP contribution in [0.2, 0.25) is 0 Å². The Balaban J connectivity index is 2.88. The molecule has 8 heteroatoms. The van der Waals surface area contributed by atoms with E-state index in [2.05, 4.69) is 15.0 Å². The summed E-state index contributed by atoms with van der Waals surface area (Å²) in [6.45, 7) is 1.79. The van der Waals surface area contributed by atoms with Crippen molar-refractivity contribution in [2.75, 3.05) is 18.2 Å². The number of pyridine rings is 1. The van der Waals surface area contributed by atoms with Crippen LogP contribution in [0.5, 0.6) is 0 Å². The van der Waals surface area contributed by atoms with Crippen LogP contribution in [0.15, 0.2) is 12.1 Å². The number of methoxy groups -OCH3 is 1. The topological polar surface area (TPSA) is 120 Å². The van der Waals surface area contributed by atoms with Crippen molar-refractivity contribution in [1.82, 2.24) is 4.98 Å². The minimum Gasteiger partial charge on any atom is -0.467 e. The number of nitro groups is 1. The van der Waals surface area contributed by atoms with Gasteiger partial charge in [-0.15, -0.1) is 0 Å². The third-order valence-corrected chi connectivity index (χ3v) is 2.32. The third kappa shape index (κ3) is 3.06. The maximum absolute atomic E-state index is 11.4. The van der Waals surface area contributed by atoms with Crippen LogP contribution in [0.25, 0.3) is 0 Å². The van der Waals surface area contributed by atoms with E-state index in [1.807, 2.05) is 0 Å². The summed E-state index contributed by atoms with van der Waals surface area (Å²) < 4.78 is 4.60. The average molecular weight is 254 g/mol. The summed E-state index contributed by atoms with van der Waals surface area (Å²) in [4.78, 5) is 25.1. The molecule has 98 valence electrons. The number of nitrogens with two attached hydrogens (primary N) is 1. The molecule has 0 aliphatic rings. The molecule has 1 aromatic rings. The Kier molecular flexibility index (Phi) is 4.41. The molecule has 0 spiro atoms. The van der Waals surface area contributed by atoms with Crippen LogP contribution in [-0.2, 0) is 9.53 Å². The number of carbonyl (C=O) groups is 1. The molecule has 3 N–H and O–H groups in total. The third-order valence-electron chi connectivity index (χ3n) is 2.32. The van der Waals surface area contributed by atoms with Gasteiger partial charge in [0.2, 0.25) is 5.82 Å². The minimum atomic E-state index is -0.621. The Morgan fingerprint density at radius 2 is 2.33 bits per heavy atom. The molecule has 0 bridgehead atoms. The molecule has 0 radical (unpaired) electrons. The van der Waals surface area contributed by atoms with Gasteiger partial charge in [-0.1, -0.05) is 6.92 Å². The maximum Gasteiger partial charge on any atom is 0.328 e. The summed E-state index contributed by atoms with van der Waals surface area (Å²) in [6, 6.07) is 2.05. The summed E-state index contributed by atoms with van der Waals surface area (Å²) in [7, 11) is 1.28. The van der Waals surface area contributed by atoms with Crippen LogP contribution in [0, 0.1) is 10.1 Å². The molecule has 0 saturated heterocycles. The van der Waals surface area contributed by atoms with Gasteiger partial charge in [-0.3, -0.25) is 10.1 Å². The van der Waals surface area contributed by atoms with Crippen LogP contribution in [-0.4, -0.2) is 29.0 Å². The van der Waals surface area contributed by atoms with Crippen LogP contribution in [0.3, 0.4) is 0 Å². The number of nitrogens with one attached hydrogen (secondary N) is 1. The van der Waals surface area contributed by atoms with Gasteiger partial charge in [0, 0.05) is 6.07 Å². The second-order valence-corrected chi connectivity index (χ2v) is 3.49. The molecule has 1 unspecified atom stereocenters. The van der Waals surface area contributed by atoms with E-state index in [0.29, 0.717) is 6.42 Å². The predicted octanol–water partition coefficient (Wildman–Crippen LogP) is 0.935. The molecule has 1 aromatic heterocycles. The fourth-order valence-corrected chi connectivity index (χ4v) is 1.35. The van der Waals surface area contributed by atoms with E-state index in [9.17, 15) is 14.9 Å². The zero-order valence-electron chi connectivity index (χ0n) is 10.0. The second-order valence-electron chi connectivity index (χ2n) is 3.49. The zero-order chi connectivity index (χ0) is 13.7. The summed E-state index contributed by atoms with van der Waals surface area (Å²) in [5, 5.41) is 13.4. The summed E-state index contributed by atoms with van der Waals surface area (Å²) in [5.41, 5.74) is 5.17. The largest absolute Gasteiger partial charge is 0.467 e. The highest BCUT2D eigenvalue weighted by Crippen LogP contribution is 2.21. The number of esters is 1. The number of anilines is 2. The average Bonchev–Trinajstić information content (AvgIpc) is 2.34. The van der Waals surface area contributed by atoms with Crippen LogP contribution < -0.4 is 11.1 Å². The fraction of sp³-hybridized carbons (Fsp3) is 0.400. The number of hydrogen-bond acceptors (Lipinski definition) is 7. The Morgan fingerprint density at radius 3 is 2.78 bits per heavy atom. The molecule has 0 aliphatic carbocycles. The monoisotopic (exact) mass is 254 g/mol. The van der Waals surface area contributed by atoms with Crippen molar-refractivity contribution in [1.29, 1.82) is 0 Å². The van der Waals surface area contributed by atoms with Gasteiger partial charge in [0.05, 0.1) is 12.0 Å². The number of hydrogen-bond donors (Lipinski definition) is 2. The van der Waals surface area contributed by atoms with E-state index in [1.165, 1.54) is 19.2 Å². The first kappa shape index (κ1) is 13.7. The van der Waals surface area contributed by atoms with Crippen molar-refractivity contribution < 1.29 is 14.5 Å². The Hall–Kier alpha value is -2.38. The molecule has 0 fully saturated rings. The number of carbonyl (C=O) groups excluding carboxylic acids is 1. The fourth-order valence-electron chi connectivity index (χ4n) is 1.35. The molecular formula is C10H14N4O4. The lowest BCUT2D eigenvalue weighted by atomic mass is 10.2. The van der Waals surface area contributed by atoms with Crippen LogP contribution >= 0.6 is 0 Å². The Morgan fingerprint density at radius 1 is 1.67 bits per heavy atom. The quantitative estimate of drug-likeness (QED) is 0.455. The number of nitrogens with zero attached hydrogens (tertiary/aromatic N) is 2. The van der Waals surface area contributed by atoms with Crippen molar-refractivity contribution in [3.8, 4) is 0 Å². The van der Waals surface area contributed by atoms with E-state index in [0.717, 1.165) is 0 Å². The lowest BCUT2D eigenvalue weighted by Crippen LogP contribution is -2.30. The van der Waals surface area contributed by atoms with E-state index >= 15 is 0 Å².